The van der Waals surface area contributed by atoms with Crippen molar-refractivity contribution in [1.82, 2.24) is 14.6 Å². The summed E-state index contributed by atoms with van der Waals surface area (Å²) in [4.78, 5) is 12.2. The molecule has 0 bridgehead atoms. The number of nitrogens with one attached hydrogen (secondary N) is 2. The van der Waals surface area contributed by atoms with Crippen LogP contribution < -0.4 is 10.6 Å². The van der Waals surface area contributed by atoms with Crippen molar-refractivity contribution in [2.45, 2.75) is 26.7 Å². The van der Waals surface area contributed by atoms with E-state index in [1.165, 1.54) is 0 Å². The highest BCUT2D eigenvalue weighted by molar-refractivity contribution is 6.31. The number of halogens is 1. The zero-order valence-electron chi connectivity index (χ0n) is 13.7. The Morgan fingerprint density at radius 1 is 1.12 bits per heavy atom. The van der Waals surface area contributed by atoms with Crippen molar-refractivity contribution in [3.8, 4) is 0 Å². The molecule has 3 aromatic rings. The van der Waals surface area contributed by atoms with Crippen LogP contribution >= 0.6 is 11.6 Å². The molecule has 2 aromatic heterocycles. The van der Waals surface area contributed by atoms with E-state index in [4.69, 9.17) is 11.6 Å². The number of urea groups is 1. The van der Waals surface area contributed by atoms with Crippen LogP contribution in [-0.2, 0) is 0 Å². The second-order valence-corrected chi connectivity index (χ2v) is 6.31. The number of aryl methyl sites for hydroxylation is 1. The van der Waals surface area contributed by atoms with Crippen molar-refractivity contribution < 1.29 is 4.79 Å². The molecule has 2 N–H and O–H groups in total. The largest absolute Gasteiger partial charge is 0.323 e. The molecule has 0 saturated heterocycles. The van der Waals surface area contributed by atoms with Crippen molar-refractivity contribution in [3.63, 3.8) is 0 Å². The Bertz CT molecular complexity index is 903. The lowest BCUT2D eigenvalue weighted by Crippen LogP contribution is -2.19. The first kappa shape index (κ1) is 16.3. The maximum absolute atomic E-state index is 12.2. The lowest BCUT2D eigenvalue weighted by molar-refractivity contribution is 0.262. The van der Waals surface area contributed by atoms with Gasteiger partial charge in [-0.05, 0) is 36.8 Å². The van der Waals surface area contributed by atoms with Crippen LogP contribution in [0.4, 0.5) is 16.2 Å². The predicted molar refractivity (Wildman–Crippen MR) is 95.9 cm³/mol. The molecule has 0 unspecified atom stereocenters. The summed E-state index contributed by atoms with van der Waals surface area (Å²) in [6.07, 6.45) is 1.81. The molecule has 0 spiro atoms. The van der Waals surface area contributed by atoms with Crippen molar-refractivity contribution in [2.75, 3.05) is 10.6 Å². The number of carbonyl (C=O) groups excluding carboxylic acids is 1. The van der Waals surface area contributed by atoms with Crippen molar-refractivity contribution in [3.05, 3.63) is 52.9 Å². The summed E-state index contributed by atoms with van der Waals surface area (Å²) in [6, 6.07) is 8.65. The molecular formula is C17H18ClN5O. The van der Waals surface area contributed by atoms with Crippen molar-refractivity contribution >= 4 is 34.7 Å². The Balaban J connectivity index is 1.77. The van der Waals surface area contributed by atoms with E-state index in [1.54, 1.807) is 18.2 Å². The first-order valence-electron chi connectivity index (χ1n) is 7.63. The highest BCUT2D eigenvalue weighted by atomic mass is 35.5. The molecule has 2 amide bonds. The Hall–Kier alpha value is -2.60. The molecular weight excluding hydrogens is 326 g/mol. The van der Waals surface area contributed by atoms with E-state index in [0.717, 1.165) is 17.0 Å². The van der Waals surface area contributed by atoms with Gasteiger partial charge in [-0.1, -0.05) is 31.5 Å². The van der Waals surface area contributed by atoms with Crippen LogP contribution in [0, 0.1) is 6.92 Å². The summed E-state index contributed by atoms with van der Waals surface area (Å²) >= 11 is 6.07. The van der Waals surface area contributed by atoms with Gasteiger partial charge in [0.15, 0.2) is 5.65 Å². The van der Waals surface area contributed by atoms with Gasteiger partial charge in [0.25, 0.3) is 0 Å². The Labute approximate surface area is 144 Å². The second kappa shape index (κ2) is 6.49. The topological polar surface area (TPSA) is 71.3 Å². The van der Waals surface area contributed by atoms with Gasteiger partial charge in [-0.2, -0.15) is 0 Å². The molecule has 24 heavy (non-hydrogen) atoms. The molecule has 124 valence electrons. The molecule has 2 heterocycles. The van der Waals surface area contributed by atoms with Gasteiger partial charge in [0.05, 0.1) is 5.69 Å². The molecule has 0 radical (unpaired) electrons. The number of rotatable bonds is 3. The van der Waals surface area contributed by atoms with E-state index in [0.29, 0.717) is 16.4 Å². The molecule has 3 rings (SSSR count). The molecule has 1 aromatic carbocycles. The first-order chi connectivity index (χ1) is 11.4. The van der Waals surface area contributed by atoms with Gasteiger partial charge in [0.2, 0.25) is 0 Å². The lowest BCUT2D eigenvalue weighted by Gasteiger charge is -2.10. The number of benzene rings is 1. The van der Waals surface area contributed by atoms with Crippen LogP contribution in [0.15, 0.2) is 36.5 Å². The number of anilines is 2. The van der Waals surface area contributed by atoms with Crippen molar-refractivity contribution in [1.29, 1.82) is 0 Å². The van der Waals surface area contributed by atoms with E-state index < -0.39 is 0 Å². The van der Waals surface area contributed by atoms with Crippen LogP contribution in [0.1, 0.15) is 31.2 Å². The van der Waals surface area contributed by atoms with Gasteiger partial charge in [-0.3, -0.25) is 4.40 Å². The Morgan fingerprint density at radius 3 is 2.54 bits per heavy atom. The normalized spacial score (nSPS) is 11.0. The minimum absolute atomic E-state index is 0.235. The summed E-state index contributed by atoms with van der Waals surface area (Å²) < 4.78 is 1.88. The zero-order chi connectivity index (χ0) is 17.3. The third kappa shape index (κ3) is 3.33. The number of nitrogens with zero attached hydrogens (tertiary/aromatic N) is 3. The number of hydrogen-bond acceptors (Lipinski definition) is 3. The maximum atomic E-state index is 12.2. The third-order valence-electron chi connectivity index (χ3n) is 3.63. The predicted octanol–water partition coefficient (Wildman–Crippen LogP) is 4.46. The number of pyridine rings is 1. The molecule has 0 aliphatic rings. The van der Waals surface area contributed by atoms with Gasteiger partial charge in [-0.15, -0.1) is 10.2 Å². The molecule has 6 nitrogen and oxygen atoms in total. The smallest absolute Gasteiger partial charge is 0.308 e. The van der Waals surface area contributed by atoms with Crippen LogP contribution in [-0.4, -0.2) is 20.6 Å². The monoisotopic (exact) mass is 343 g/mol. The second-order valence-electron chi connectivity index (χ2n) is 5.90. The van der Waals surface area contributed by atoms with Crippen molar-refractivity contribution in [2.24, 2.45) is 0 Å². The minimum Gasteiger partial charge on any atom is -0.308 e. The maximum Gasteiger partial charge on any atom is 0.323 e. The van der Waals surface area contributed by atoms with Crippen LogP contribution in [0.25, 0.3) is 5.65 Å². The number of aromatic nitrogens is 3. The van der Waals surface area contributed by atoms with Gasteiger partial charge in [-0.25, -0.2) is 4.79 Å². The molecule has 0 fully saturated rings. The first-order valence-corrected chi connectivity index (χ1v) is 8.00. The molecule has 0 aliphatic carbocycles. The average Bonchev–Trinajstić information content (AvgIpc) is 2.94. The lowest BCUT2D eigenvalue weighted by atomic mass is 10.2. The SMILES string of the molecule is Cc1ccc(NC(=O)Nc2ccc3nnc(C(C)C)n3c2)cc1Cl. The summed E-state index contributed by atoms with van der Waals surface area (Å²) in [5.74, 6) is 1.08. The highest BCUT2D eigenvalue weighted by Crippen LogP contribution is 2.20. The van der Waals surface area contributed by atoms with E-state index in [-0.39, 0.29) is 11.9 Å². The number of hydrogen-bond donors (Lipinski definition) is 2. The van der Waals surface area contributed by atoms with Gasteiger partial charge in [0.1, 0.15) is 5.82 Å². The van der Waals surface area contributed by atoms with Gasteiger partial charge < -0.3 is 10.6 Å². The Kier molecular flexibility index (Phi) is 4.40. The summed E-state index contributed by atoms with van der Waals surface area (Å²) in [6.45, 7) is 6.00. The fourth-order valence-corrected chi connectivity index (χ4v) is 2.52. The molecule has 7 heteroatoms. The van der Waals surface area contributed by atoms with Crippen LogP contribution in [0.3, 0.4) is 0 Å². The van der Waals surface area contributed by atoms with Crippen LogP contribution in [0.5, 0.6) is 0 Å². The summed E-state index contributed by atoms with van der Waals surface area (Å²) in [5.41, 5.74) is 2.99. The van der Waals surface area contributed by atoms with Gasteiger partial charge >= 0.3 is 6.03 Å². The summed E-state index contributed by atoms with van der Waals surface area (Å²) in [7, 11) is 0. The number of fused-ring (bicyclic) bond motifs is 1. The fourth-order valence-electron chi connectivity index (χ4n) is 2.34. The number of amides is 2. The molecule has 0 saturated carbocycles. The highest BCUT2D eigenvalue weighted by Gasteiger charge is 2.10. The standard InChI is InChI=1S/C17H18ClN5O/c1-10(2)16-22-21-15-7-6-13(9-23(15)16)20-17(24)19-12-5-4-11(3)14(18)8-12/h4-10H,1-3H3,(H2,19,20,24). The van der Waals surface area contributed by atoms with E-state index in [9.17, 15) is 4.79 Å². The molecule has 0 aliphatic heterocycles. The number of carbonyl (C=O) groups is 1. The summed E-state index contributed by atoms with van der Waals surface area (Å²) in [5, 5.41) is 14.5. The fraction of sp³-hybridized carbons (Fsp3) is 0.235. The average molecular weight is 344 g/mol. The zero-order valence-corrected chi connectivity index (χ0v) is 14.4. The molecule has 0 atom stereocenters. The van der Waals surface area contributed by atoms with E-state index in [2.05, 4.69) is 20.8 Å². The minimum atomic E-state index is -0.339. The van der Waals surface area contributed by atoms with E-state index >= 15 is 0 Å². The quantitative estimate of drug-likeness (QED) is 0.737. The van der Waals surface area contributed by atoms with Gasteiger partial charge in [0, 0.05) is 22.8 Å². The third-order valence-corrected chi connectivity index (χ3v) is 4.04. The van der Waals surface area contributed by atoms with Crippen LogP contribution in [0.2, 0.25) is 5.02 Å². The van der Waals surface area contributed by atoms with E-state index in [1.807, 2.05) is 43.5 Å². The Morgan fingerprint density at radius 2 is 1.83 bits per heavy atom.